The molecule has 0 radical (unpaired) electrons. The predicted molar refractivity (Wildman–Crippen MR) is 121 cm³/mol. The Morgan fingerprint density at radius 1 is 0.966 bits per heavy atom. The van der Waals surface area contributed by atoms with Crippen molar-refractivity contribution in [3.8, 4) is 0 Å². The second-order valence-electron chi connectivity index (χ2n) is 7.82. The van der Waals surface area contributed by atoms with E-state index in [2.05, 4.69) is 26.5 Å². The fourth-order valence-corrected chi connectivity index (χ4v) is 4.10. The number of aryl methyl sites for hydroxylation is 1. The molecule has 4 heterocycles. The minimum atomic E-state index is 0.499. The Labute approximate surface area is 177 Å². The van der Waals surface area contributed by atoms with E-state index in [-0.39, 0.29) is 0 Å². The number of thiocarbonyl (C=S) groups is 1. The molecule has 29 heavy (non-hydrogen) atoms. The fourth-order valence-electron chi connectivity index (χ4n) is 3.94. The number of anilines is 3. The number of furan rings is 1. The molecule has 8 heteroatoms. The summed E-state index contributed by atoms with van der Waals surface area (Å²) in [6.07, 6.45) is 7.46. The zero-order valence-electron chi connectivity index (χ0n) is 17.1. The van der Waals surface area contributed by atoms with Crippen molar-refractivity contribution in [3.05, 3.63) is 29.7 Å². The van der Waals surface area contributed by atoms with E-state index in [1.165, 1.54) is 38.5 Å². The highest BCUT2D eigenvalue weighted by molar-refractivity contribution is 7.80. The van der Waals surface area contributed by atoms with Crippen molar-refractivity contribution >= 4 is 34.9 Å². The van der Waals surface area contributed by atoms with Crippen molar-refractivity contribution in [2.75, 3.05) is 41.3 Å². The molecule has 2 aliphatic heterocycles. The van der Waals surface area contributed by atoms with Crippen LogP contribution in [0, 0.1) is 6.92 Å². The van der Waals surface area contributed by atoms with Crippen LogP contribution in [0.4, 0.5) is 17.6 Å². The summed E-state index contributed by atoms with van der Waals surface area (Å²) < 4.78 is 5.59. The molecule has 2 saturated heterocycles. The maximum atomic E-state index is 5.59. The van der Waals surface area contributed by atoms with E-state index >= 15 is 0 Å². The molecular formula is C21H30N6OS. The van der Waals surface area contributed by atoms with E-state index < -0.39 is 0 Å². The summed E-state index contributed by atoms with van der Waals surface area (Å²) >= 11 is 5.47. The van der Waals surface area contributed by atoms with E-state index in [4.69, 9.17) is 26.6 Å². The number of nitrogens with one attached hydrogen (secondary N) is 2. The normalized spacial score (nSPS) is 17.3. The van der Waals surface area contributed by atoms with Gasteiger partial charge in [0.2, 0.25) is 5.95 Å². The fraction of sp³-hybridized carbons (Fsp3) is 0.571. The Morgan fingerprint density at radius 2 is 1.55 bits per heavy atom. The van der Waals surface area contributed by atoms with Gasteiger partial charge in [0, 0.05) is 32.2 Å². The lowest BCUT2D eigenvalue weighted by Crippen LogP contribution is -2.30. The molecule has 0 saturated carbocycles. The van der Waals surface area contributed by atoms with E-state index in [0.29, 0.717) is 17.6 Å². The lowest BCUT2D eigenvalue weighted by molar-refractivity contribution is 0.478. The van der Waals surface area contributed by atoms with Crippen molar-refractivity contribution in [1.82, 2.24) is 15.3 Å². The van der Waals surface area contributed by atoms with Crippen LogP contribution >= 0.6 is 12.2 Å². The molecule has 4 rings (SSSR count). The minimum absolute atomic E-state index is 0.499. The van der Waals surface area contributed by atoms with Gasteiger partial charge in [-0.25, -0.2) is 0 Å². The smallest absolute Gasteiger partial charge is 0.232 e. The molecule has 7 nitrogen and oxygen atoms in total. The number of aromatic nitrogens is 2. The largest absolute Gasteiger partial charge is 0.465 e. The van der Waals surface area contributed by atoms with Crippen molar-refractivity contribution in [3.63, 3.8) is 0 Å². The lowest BCUT2D eigenvalue weighted by Gasteiger charge is -2.25. The Morgan fingerprint density at radius 3 is 2.10 bits per heavy atom. The van der Waals surface area contributed by atoms with Crippen LogP contribution in [0.25, 0.3) is 0 Å². The van der Waals surface area contributed by atoms with Gasteiger partial charge in [-0.15, -0.1) is 0 Å². The maximum Gasteiger partial charge on any atom is 0.232 e. The zero-order valence-corrected chi connectivity index (χ0v) is 17.9. The topological polar surface area (TPSA) is 69.5 Å². The standard InChI is InChI=1S/C21H30N6OS/c1-16-8-9-17(28-16)15-22-21(29)25-20-23-18(26-10-4-2-3-5-11-26)14-19(24-20)27-12-6-7-13-27/h8-9,14H,2-7,10-13,15H2,1H3,(H2,22,23,24,25,29). The third-order valence-corrected chi connectivity index (χ3v) is 5.75. The van der Waals surface area contributed by atoms with Crippen LogP contribution in [0.15, 0.2) is 22.6 Å². The van der Waals surface area contributed by atoms with Crippen LogP contribution in [0.1, 0.15) is 50.0 Å². The van der Waals surface area contributed by atoms with Gasteiger partial charge in [0.15, 0.2) is 5.11 Å². The summed E-state index contributed by atoms with van der Waals surface area (Å²) in [6, 6.07) is 6.04. The number of nitrogens with zero attached hydrogens (tertiary/aromatic N) is 4. The summed E-state index contributed by atoms with van der Waals surface area (Å²) in [7, 11) is 0. The Balaban J connectivity index is 1.48. The number of hydrogen-bond donors (Lipinski definition) is 2. The molecule has 0 bridgehead atoms. The molecular weight excluding hydrogens is 384 g/mol. The first-order valence-electron chi connectivity index (χ1n) is 10.7. The summed E-state index contributed by atoms with van der Waals surface area (Å²) in [5.41, 5.74) is 0. The highest BCUT2D eigenvalue weighted by atomic mass is 32.1. The van der Waals surface area contributed by atoms with Gasteiger partial charge in [0.25, 0.3) is 0 Å². The lowest BCUT2D eigenvalue weighted by atomic mass is 10.2. The molecule has 2 aromatic heterocycles. The van der Waals surface area contributed by atoms with Gasteiger partial charge in [0.05, 0.1) is 6.54 Å². The maximum absolute atomic E-state index is 5.59. The van der Waals surface area contributed by atoms with E-state index in [1.807, 2.05) is 19.1 Å². The molecule has 0 amide bonds. The van der Waals surface area contributed by atoms with Gasteiger partial charge in [0.1, 0.15) is 23.2 Å². The molecule has 2 N–H and O–H groups in total. The first-order valence-corrected chi connectivity index (χ1v) is 11.1. The second-order valence-corrected chi connectivity index (χ2v) is 8.23. The van der Waals surface area contributed by atoms with Crippen molar-refractivity contribution in [2.45, 2.75) is 52.0 Å². The average molecular weight is 415 g/mol. The van der Waals surface area contributed by atoms with Gasteiger partial charge in [-0.2, -0.15) is 9.97 Å². The van der Waals surface area contributed by atoms with Crippen molar-refractivity contribution in [2.24, 2.45) is 0 Å². The van der Waals surface area contributed by atoms with Gasteiger partial charge >= 0.3 is 0 Å². The number of hydrogen-bond acceptors (Lipinski definition) is 6. The molecule has 2 aliphatic rings. The van der Waals surface area contributed by atoms with Gasteiger partial charge in [-0.1, -0.05) is 12.8 Å². The van der Waals surface area contributed by atoms with E-state index in [9.17, 15) is 0 Å². The summed E-state index contributed by atoms with van der Waals surface area (Å²) in [4.78, 5) is 14.3. The minimum Gasteiger partial charge on any atom is -0.465 e. The molecule has 0 spiro atoms. The van der Waals surface area contributed by atoms with Crippen LogP contribution in [0.3, 0.4) is 0 Å². The number of rotatable bonds is 5. The first kappa shape index (κ1) is 19.9. The highest BCUT2D eigenvalue weighted by Crippen LogP contribution is 2.26. The Bertz CT molecular complexity index is 824. The average Bonchev–Trinajstić information content (AvgIpc) is 3.32. The van der Waals surface area contributed by atoms with Crippen LogP contribution in [0.5, 0.6) is 0 Å². The molecule has 2 fully saturated rings. The van der Waals surface area contributed by atoms with Crippen LogP contribution in [-0.4, -0.2) is 41.3 Å². The van der Waals surface area contributed by atoms with E-state index in [1.54, 1.807) is 0 Å². The van der Waals surface area contributed by atoms with Crippen LogP contribution < -0.4 is 20.4 Å². The van der Waals surface area contributed by atoms with Crippen LogP contribution in [-0.2, 0) is 6.54 Å². The molecule has 0 aromatic carbocycles. The summed E-state index contributed by atoms with van der Waals surface area (Å²) in [6.45, 7) is 6.67. The van der Waals surface area contributed by atoms with Crippen LogP contribution in [0.2, 0.25) is 0 Å². The zero-order chi connectivity index (χ0) is 20.1. The Hall–Kier alpha value is -2.35. The summed E-state index contributed by atoms with van der Waals surface area (Å²) in [5.74, 6) is 4.29. The van der Waals surface area contributed by atoms with Crippen molar-refractivity contribution in [1.29, 1.82) is 0 Å². The highest BCUT2D eigenvalue weighted by Gasteiger charge is 2.19. The molecule has 2 aromatic rings. The summed E-state index contributed by atoms with van der Waals surface area (Å²) in [5, 5.41) is 6.86. The van der Waals surface area contributed by atoms with E-state index in [0.717, 1.165) is 49.3 Å². The van der Waals surface area contributed by atoms with Crippen molar-refractivity contribution < 1.29 is 4.42 Å². The second kappa shape index (κ2) is 9.43. The SMILES string of the molecule is Cc1ccc(CNC(=S)Nc2nc(N3CCCCCC3)cc(N3CCCC3)n2)o1. The predicted octanol–water partition coefficient (Wildman–Crippen LogP) is 3.85. The molecule has 0 unspecified atom stereocenters. The monoisotopic (exact) mass is 414 g/mol. The van der Waals surface area contributed by atoms with Gasteiger partial charge < -0.3 is 24.9 Å². The Kier molecular flexibility index (Phi) is 6.49. The quantitative estimate of drug-likeness (QED) is 0.715. The van der Waals surface area contributed by atoms with Gasteiger partial charge in [-0.05, 0) is 57.0 Å². The third-order valence-electron chi connectivity index (χ3n) is 5.50. The first-order chi connectivity index (χ1) is 14.2. The van der Waals surface area contributed by atoms with Gasteiger partial charge in [-0.3, -0.25) is 0 Å². The molecule has 0 aliphatic carbocycles. The molecule has 0 atom stereocenters. The molecule has 156 valence electrons. The third kappa shape index (κ3) is 5.38.